The van der Waals surface area contributed by atoms with E-state index in [9.17, 15) is 0 Å². The maximum atomic E-state index is 2.92. The molecule has 7 aliphatic carbocycles. The van der Waals surface area contributed by atoms with E-state index in [1.165, 1.54) is 181 Å². The van der Waals surface area contributed by atoms with Crippen molar-refractivity contribution in [3.63, 3.8) is 0 Å². The molecule has 4 unspecified atom stereocenters. The van der Waals surface area contributed by atoms with Crippen LogP contribution in [0.15, 0.2) is 188 Å². The molecule has 7 bridgehead atoms. The normalized spacial score (nSPS) is 26.0. The van der Waals surface area contributed by atoms with Crippen molar-refractivity contribution >= 4 is 105 Å². The second-order valence-electron chi connectivity index (χ2n) is 28.8. The van der Waals surface area contributed by atoms with Gasteiger partial charge in [0, 0.05) is 60.4 Å². The van der Waals surface area contributed by atoms with Gasteiger partial charge in [0.1, 0.15) is 0 Å². The first-order chi connectivity index (χ1) is 40.6. The minimum atomic E-state index is -0.0750. The van der Waals surface area contributed by atoms with Crippen molar-refractivity contribution in [2.24, 2.45) is 35.5 Å². The van der Waals surface area contributed by atoms with Gasteiger partial charge in [0.05, 0.1) is 10.7 Å². The number of para-hydroxylation sites is 2. The Morgan fingerprint density at radius 3 is 1.87 bits per heavy atom. The number of nitrogens with zero attached hydrogens (tertiary/aromatic N) is 3. The predicted octanol–water partition coefficient (Wildman–Crippen LogP) is 19.9. The van der Waals surface area contributed by atoms with E-state index in [-0.39, 0.29) is 17.7 Å². The fourth-order valence-corrected chi connectivity index (χ4v) is 21.4. The molecule has 7 saturated carbocycles. The van der Waals surface area contributed by atoms with E-state index in [0.717, 1.165) is 46.9 Å². The lowest BCUT2D eigenvalue weighted by atomic mass is 9.45. The fraction of sp³-hybridized carbons (Fsp3) is 0.308. The predicted molar refractivity (Wildman–Crippen MR) is 351 cm³/mol. The molecule has 2 aliphatic heterocycles. The van der Waals surface area contributed by atoms with Crippen LogP contribution >= 0.6 is 11.3 Å². The van der Waals surface area contributed by atoms with Crippen molar-refractivity contribution in [1.29, 1.82) is 0 Å². The highest BCUT2D eigenvalue weighted by Crippen LogP contribution is 2.64. The largest absolute Gasteiger partial charge is 0.375 e. The Bertz CT molecular complexity index is 4450. The van der Waals surface area contributed by atoms with E-state index in [4.69, 9.17) is 0 Å². The summed E-state index contributed by atoms with van der Waals surface area (Å²) < 4.78 is 4.26. The van der Waals surface area contributed by atoms with E-state index in [1.54, 1.807) is 11.1 Å². The number of anilines is 6. The van der Waals surface area contributed by atoms with Gasteiger partial charge >= 0.3 is 6.85 Å². The first kappa shape index (κ1) is 48.1. The quantitative estimate of drug-likeness (QED) is 0.147. The third-order valence-electron chi connectivity index (χ3n) is 23.2. The third kappa shape index (κ3) is 6.92. The second-order valence-corrected chi connectivity index (χ2v) is 29.9. The van der Waals surface area contributed by atoms with Gasteiger partial charge in [-0.15, -0.1) is 11.3 Å². The number of benzene rings is 9. The van der Waals surface area contributed by atoms with Gasteiger partial charge < -0.3 is 14.3 Å². The summed E-state index contributed by atoms with van der Waals surface area (Å²) in [6.45, 7) is 7.01. The number of rotatable bonds is 7. The fourth-order valence-electron chi connectivity index (χ4n) is 20.1. The molecular formula is C78H70BN3S. The highest BCUT2D eigenvalue weighted by Gasteiger charge is 2.55. The van der Waals surface area contributed by atoms with Crippen molar-refractivity contribution in [1.82, 2.24) is 4.48 Å². The number of fused-ring (bicyclic) bond motifs is 12. The lowest BCUT2D eigenvalue weighted by molar-refractivity contribution is -0.00512. The second kappa shape index (κ2) is 17.2. The van der Waals surface area contributed by atoms with E-state index in [2.05, 4.69) is 223 Å². The monoisotopic (exact) mass is 1090 g/mol. The first-order valence-electron chi connectivity index (χ1n) is 31.8. The molecule has 3 nitrogen and oxygen atoms in total. The van der Waals surface area contributed by atoms with Crippen LogP contribution < -0.4 is 20.7 Å². The van der Waals surface area contributed by atoms with E-state index in [1.807, 2.05) is 11.3 Å². The molecule has 0 radical (unpaired) electrons. The number of aromatic nitrogens is 1. The summed E-state index contributed by atoms with van der Waals surface area (Å²) in [6.07, 6.45) is 16.8. The van der Waals surface area contributed by atoms with Gasteiger partial charge in [-0.3, -0.25) is 0 Å². The number of hydrogen-bond acceptors (Lipinski definition) is 3. The molecule has 5 heteroatoms. The molecule has 83 heavy (non-hydrogen) atoms. The van der Waals surface area contributed by atoms with Crippen molar-refractivity contribution < 1.29 is 0 Å². The summed E-state index contributed by atoms with van der Waals surface area (Å²) in [6, 6.07) is 74.2. The average molecular weight is 1090 g/mol. The number of hydrogen-bond donors (Lipinski definition) is 0. The molecule has 2 aromatic heterocycles. The highest BCUT2D eigenvalue weighted by molar-refractivity contribution is 7.26. The van der Waals surface area contributed by atoms with Crippen molar-refractivity contribution in [2.75, 3.05) is 9.80 Å². The smallest absolute Gasteiger partial charge is 0.334 e. The molecule has 0 spiro atoms. The van der Waals surface area contributed by atoms with Crippen molar-refractivity contribution in [2.45, 2.75) is 114 Å². The summed E-state index contributed by atoms with van der Waals surface area (Å²) in [7, 11) is 0. The van der Waals surface area contributed by atoms with Gasteiger partial charge in [0.2, 0.25) is 0 Å². The summed E-state index contributed by atoms with van der Waals surface area (Å²) in [5, 5.41) is 8.26. The molecule has 4 atom stereocenters. The van der Waals surface area contributed by atoms with E-state index < -0.39 is 0 Å². The van der Waals surface area contributed by atoms with Gasteiger partial charge in [-0.05, 0) is 269 Å². The molecule has 9 aromatic carbocycles. The molecule has 406 valence electrons. The summed E-state index contributed by atoms with van der Waals surface area (Å²) in [5.41, 5.74) is 22.1. The van der Waals surface area contributed by atoms with E-state index >= 15 is 0 Å². The van der Waals surface area contributed by atoms with Crippen LogP contribution in [0.5, 0.6) is 0 Å². The Balaban J connectivity index is 0.967. The average Bonchev–Trinajstić information content (AvgIpc) is 1.81. The molecule has 4 heterocycles. The van der Waals surface area contributed by atoms with Crippen LogP contribution in [-0.2, 0) is 16.2 Å². The third-order valence-corrected chi connectivity index (χ3v) is 24.3. The molecule has 11 aromatic rings. The summed E-state index contributed by atoms with van der Waals surface area (Å²) in [5.74, 6) is 5.30. The zero-order chi connectivity index (χ0) is 54.7. The minimum Gasteiger partial charge on any atom is -0.375 e. The lowest BCUT2D eigenvalue weighted by Gasteiger charge is -2.57. The summed E-state index contributed by atoms with van der Waals surface area (Å²) in [4.78, 5) is 5.30. The van der Waals surface area contributed by atoms with Crippen LogP contribution in [-0.4, -0.2) is 11.3 Å². The zero-order valence-corrected chi connectivity index (χ0v) is 49.0. The minimum absolute atomic E-state index is 0.0443. The lowest BCUT2D eigenvalue weighted by Crippen LogP contribution is -2.56. The standard InChI is InChI=1S/C78H70BN3S/c1-76(2,3)56-23-25-68(62(36-56)51-15-7-4-8-16-51)81-70-41-61(80(59-19-9-5-10-20-59)60-21-11-6-12-22-60)40-64-66-39-58(77-28-27-54-32-50(42-77)33-55(54)46-77)38-65-63-37-57(78-43-47-29-48(44-78)31-49(30-47)45-78)24-26-69(63)82(74(65)66)79(72(64)70)73-67-34-52-17-13-14-18-53(52)35-71(67)83-75(73)81/h4-26,34-41,47-50,54-55H,27-33,42-46H2,1-3H3. The SMILES string of the molecule is CC(C)(C)c1ccc(N2c3cc(N(c4ccccc4)c4ccccc4)cc4c3B(c3c2sc2cc5ccccc5cc32)n2c3ccc(C56CC7CC(CC(C7)C5)C6)cc3c3cc(C56CCC7CC(CC7C5)C6)cc-4c32)c(-c2ccccc2)c1. The van der Waals surface area contributed by atoms with Crippen LogP contribution in [0.4, 0.5) is 33.4 Å². The molecule has 9 aliphatic rings. The zero-order valence-electron chi connectivity index (χ0n) is 48.2. The van der Waals surface area contributed by atoms with Crippen molar-refractivity contribution in [3.8, 4) is 22.3 Å². The Morgan fingerprint density at radius 2 is 1.14 bits per heavy atom. The Hall–Kier alpha value is -7.34. The summed E-state index contributed by atoms with van der Waals surface area (Å²) >= 11 is 2.00. The van der Waals surface area contributed by atoms with Crippen LogP contribution in [0, 0.1) is 35.5 Å². The maximum absolute atomic E-state index is 2.92. The van der Waals surface area contributed by atoms with Crippen LogP contribution in [0.3, 0.4) is 0 Å². The molecule has 0 N–H and O–H groups in total. The Morgan fingerprint density at radius 1 is 0.494 bits per heavy atom. The molecule has 7 fully saturated rings. The molecule has 0 saturated heterocycles. The first-order valence-corrected chi connectivity index (χ1v) is 32.6. The van der Waals surface area contributed by atoms with Gasteiger partial charge in [0.25, 0.3) is 0 Å². The van der Waals surface area contributed by atoms with Crippen LogP contribution in [0.1, 0.15) is 115 Å². The van der Waals surface area contributed by atoms with Gasteiger partial charge in [-0.25, -0.2) is 0 Å². The van der Waals surface area contributed by atoms with Crippen molar-refractivity contribution in [3.05, 3.63) is 205 Å². The Kier molecular flexibility index (Phi) is 9.94. The molecular weight excluding hydrogens is 1020 g/mol. The van der Waals surface area contributed by atoms with Gasteiger partial charge in [-0.1, -0.05) is 124 Å². The van der Waals surface area contributed by atoms with E-state index in [0.29, 0.717) is 5.41 Å². The molecule has 0 amide bonds. The molecule has 20 rings (SSSR count). The topological polar surface area (TPSA) is 11.4 Å². The van der Waals surface area contributed by atoms with Crippen LogP contribution in [0.2, 0.25) is 0 Å². The Labute approximate surface area is 493 Å². The maximum Gasteiger partial charge on any atom is 0.334 e. The van der Waals surface area contributed by atoms with Crippen LogP contribution in [0.25, 0.3) is 64.9 Å². The highest BCUT2D eigenvalue weighted by atomic mass is 32.1. The number of thiophene rings is 1. The van der Waals surface area contributed by atoms with Gasteiger partial charge in [-0.2, -0.15) is 0 Å². The van der Waals surface area contributed by atoms with Gasteiger partial charge in [0.15, 0.2) is 0 Å².